The summed E-state index contributed by atoms with van der Waals surface area (Å²) in [6, 6.07) is 3.32. The van der Waals surface area contributed by atoms with Crippen LogP contribution in [0.1, 0.15) is 10.4 Å². The van der Waals surface area contributed by atoms with Crippen LogP contribution in [0.25, 0.3) is 5.65 Å². The Bertz CT molecular complexity index is 863. The van der Waals surface area contributed by atoms with Crippen molar-refractivity contribution in [3.8, 4) is 0 Å². The monoisotopic (exact) mass is 353 g/mol. The third-order valence-corrected chi connectivity index (χ3v) is 6.16. The van der Waals surface area contributed by atoms with Crippen LogP contribution < -0.4 is 0 Å². The second-order valence-electron chi connectivity index (χ2n) is 6.08. The van der Waals surface area contributed by atoms with E-state index >= 15 is 0 Å². The number of pyridine rings is 1. The van der Waals surface area contributed by atoms with Gasteiger partial charge in [0, 0.05) is 39.3 Å². The summed E-state index contributed by atoms with van der Waals surface area (Å²) in [7, 11) is -0.534. The lowest BCUT2D eigenvalue weighted by molar-refractivity contribution is 0.0764. The molecular formula is C14H19N5O4S. The standard InChI is InChI=1S/C14H19N5O4S/c1-17(2)24(22,23)8-11-5-18(7-12(11)20)14(21)10-3-4-13-15-9-16-19(13)6-10/h3-4,6,9,11-12,20H,5,7-8H2,1-2H3/t11-,12-/m0/s1. The lowest BCUT2D eigenvalue weighted by Gasteiger charge is -2.18. The van der Waals surface area contributed by atoms with Crippen molar-refractivity contribution in [3.05, 3.63) is 30.2 Å². The molecule has 1 fully saturated rings. The van der Waals surface area contributed by atoms with Crippen LogP contribution in [0.2, 0.25) is 0 Å². The molecule has 3 rings (SSSR count). The third-order valence-electron chi connectivity index (χ3n) is 4.20. The number of fused-ring (bicyclic) bond motifs is 1. The van der Waals surface area contributed by atoms with Gasteiger partial charge in [-0.3, -0.25) is 4.79 Å². The molecule has 0 saturated carbocycles. The molecule has 1 aliphatic rings. The van der Waals surface area contributed by atoms with Gasteiger partial charge in [-0.2, -0.15) is 5.10 Å². The number of carbonyl (C=O) groups excluding carboxylic acids is 1. The van der Waals surface area contributed by atoms with Crippen molar-refractivity contribution in [2.24, 2.45) is 5.92 Å². The number of aliphatic hydroxyl groups is 1. The first-order valence-corrected chi connectivity index (χ1v) is 9.06. The van der Waals surface area contributed by atoms with Crippen LogP contribution >= 0.6 is 0 Å². The summed E-state index contributed by atoms with van der Waals surface area (Å²) in [5.41, 5.74) is 1.04. The van der Waals surface area contributed by atoms with E-state index < -0.39 is 22.0 Å². The highest BCUT2D eigenvalue weighted by Crippen LogP contribution is 2.22. The number of sulfonamides is 1. The van der Waals surface area contributed by atoms with Crippen LogP contribution in [0, 0.1) is 5.92 Å². The normalized spacial score (nSPS) is 21.8. The molecule has 0 aliphatic carbocycles. The van der Waals surface area contributed by atoms with Gasteiger partial charge in [0.2, 0.25) is 10.0 Å². The molecule has 3 heterocycles. The van der Waals surface area contributed by atoms with E-state index in [2.05, 4.69) is 10.1 Å². The van der Waals surface area contributed by atoms with E-state index in [4.69, 9.17) is 0 Å². The summed E-state index contributed by atoms with van der Waals surface area (Å²) >= 11 is 0. The van der Waals surface area contributed by atoms with Crippen molar-refractivity contribution < 1.29 is 18.3 Å². The maximum atomic E-state index is 12.6. The predicted molar refractivity (Wildman–Crippen MR) is 85.9 cm³/mol. The highest BCUT2D eigenvalue weighted by Gasteiger charge is 2.37. The van der Waals surface area contributed by atoms with Crippen LogP contribution in [0.3, 0.4) is 0 Å². The molecule has 2 aromatic heterocycles. The number of hydrogen-bond acceptors (Lipinski definition) is 6. The van der Waals surface area contributed by atoms with Crippen molar-refractivity contribution in [1.29, 1.82) is 0 Å². The molecule has 0 aromatic carbocycles. The van der Waals surface area contributed by atoms with Gasteiger partial charge in [-0.05, 0) is 12.1 Å². The first-order valence-electron chi connectivity index (χ1n) is 7.45. The highest BCUT2D eigenvalue weighted by atomic mass is 32.2. The minimum absolute atomic E-state index is 0.113. The number of aliphatic hydroxyl groups excluding tert-OH is 1. The first-order chi connectivity index (χ1) is 11.3. The third kappa shape index (κ3) is 3.12. The van der Waals surface area contributed by atoms with Crippen molar-refractivity contribution in [1.82, 2.24) is 23.8 Å². The Morgan fingerprint density at radius 2 is 2.12 bits per heavy atom. The number of likely N-dealkylation sites (tertiary alicyclic amines) is 1. The maximum Gasteiger partial charge on any atom is 0.255 e. The molecule has 130 valence electrons. The Labute approximate surface area is 139 Å². The van der Waals surface area contributed by atoms with Gasteiger partial charge in [-0.15, -0.1) is 0 Å². The molecule has 2 aromatic rings. The molecule has 10 heteroatoms. The van der Waals surface area contributed by atoms with Gasteiger partial charge in [-0.1, -0.05) is 0 Å². The van der Waals surface area contributed by atoms with Gasteiger partial charge in [0.25, 0.3) is 5.91 Å². The van der Waals surface area contributed by atoms with Gasteiger partial charge < -0.3 is 10.0 Å². The second-order valence-corrected chi connectivity index (χ2v) is 8.31. The molecule has 1 amide bonds. The minimum Gasteiger partial charge on any atom is -0.391 e. The fraction of sp³-hybridized carbons (Fsp3) is 0.500. The van der Waals surface area contributed by atoms with Gasteiger partial charge >= 0.3 is 0 Å². The van der Waals surface area contributed by atoms with Gasteiger partial charge in [0.15, 0.2) is 5.65 Å². The number of hydrogen-bond donors (Lipinski definition) is 1. The molecule has 1 aliphatic heterocycles. The average Bonchev–Trinajstić information content (AvgIpc) is 3.12. The van der Waals surface area contributed by atoms with Crippen LogP contribution in [0.5, 0.6) is 0 Å². The zero-order valence-electron chi connectivity index (χ0n) is 13.4. The smallest absolute Gasteiger partial charge is 0.255 e. The Morgan fingerprint density at radius 3 is 2.83 bits per heavy atom. The molecule has 24 heavy (non-hydrogen) atoms. The van der Waals surface area contributed by atoms with Crippen LogP contribution in [-0.2, 0) is 10.0 Å². The average molecular weight is 353 g/mol. The van der Waals surface area contributed by atoms with Crippen molar-refractivity contribution in [3.63, 3.8) is 0 Å². The molecule has 0 spiro atoms. The number of rotatable bonds is 4. The number of carbonyl (C=O) groups is 1. The molecule has 9 nitrogen and oxygen atoms in total. The fourth-order valence-electron chi connectivity index (χ4n) is 2.73. The molecular weight excluding hydrogens is 334 g/mol. The molecule has 0 unspecified atom stereocenters. The molecule has 0 bridgehead atoms. The quantitative estimate of drug-likeness (QED) is 0.759. The van der Waals surface area contributed by atoms with Crippen molar-refractivity contribution in [2.75, 3.05) is 32.9 Å². The van der Waals surface area contributed by atoms with E-state index in [1.165, 1.54) is 29.8 Å². The first kappa shape index (κ1) is 16.8. The Kier molecular flexibility index (Phi) is 4.28. The van der Waals surface area contributed by atoms with Crippen LogP contribution in [0.15, 0.2) is 24.7 Å². The Morgan fingerprint density at radius 1 is 1.38 bits per heavy atom. The van der Waals surface area contributed by atoms with Gasteiger partial charge in [0.05, 0.1) is 17.4 Å². The maximum absolute atomic E-state index is 12.6. The van der Waals surface area contributed by atoms with E-state index in [1.807, 2.05) is 0 Å². The zero-order chi connectivity index (χ0) is 17.5. The predicted octanol–water partition coefficient (Wildman–Crippen LogP) is -0.946. The van der Waals surface area contributed by atoms with Crippen LogP contribution in [0.4, 0.5) is 0 Å². The topological polar surface area (TPSA) is 108 Å². The Hall–Kier alpha value is -2.04. The summed E-state index contributed by atoms with van der Waals surface area (Å²) < 4.78 is 26.6. The number of nitrogens with zero attached hydrogens (tertiary/aromatic N) is 5. The summed E-state index contributed by atoms with van der Waals surface area (Å²) in [5, 5.41) is 14.1. The van der Waals surface area contributed by atoms with E-state index in [1.54, 1.807) is 18.3 Å². The molecule has 2 atom stereocenters. The number of aromatic nitrogens is 3. The van der Waals surface area contributed by atoms with Gasteiger partial charge in [0.1, 0.15) is 6.33 Å². The Balaban J connectivity index is 1.75. The summed E-state index contributed by atoms with van der Waals surface area (Å²) in [4.78, 5) is 18.1. The summed E-state index contributed by atoms with van der Waals surface area (Å²) in [6.45, 7) is 0.310. The molecule has 1 saturated heterocycles. The van der Waals surface area contributed by atoms with Crippen molar-refractivity contribution >= 4 is 21.6 Å². The zero-order valence-corrected chi connectivity index (χ0v) is 14.2. The fourth-order valence-corrected chi connectivity index (χ4v) is 3.90. The molecule has 1 N–H and O–H groups in total. The lowest BCUT2D eigenvalue weighted by Crippen LogP contribution is -2.33. The van der Waals surface area contributed by atoms with E-state index in [0.717, 1.165) is 4.31 Å². The lowest BCUT2D eigenvalue weighted by atomic mass is 10.1. The minimum atomic E-state index is -3.44. The largest absolute Gasteiger partial charge is 0.391 e. The number of β-amino-alcohol motifs (C(OH)–C–C–N with tert-alkyl or cyclic N) is 1. The van der Waals surface area contributed by atoms with Crippen molar-refractivity contribution in [2.45, 2.75) is 6.10 Å². The summed E-state index contributed by atoms with van der Waals surface area (Å²) in [6.07, 6.45) is 2.10. The van der Waals surface area contributed by atoms with E-state index in [9.17, 15) is 18.3 Å². The van der Waals surface area contributed by atoms with E-state index in [-0.39, 0.29) is 24.7 Å². The summed E-state index contributed by atoms with van der Waals surface area (Å²) in [5.74, 6) is -0.958. The SMILES string of the molecule is CN(C)S(=O)(=O)C[C@@H]1CN(C(=O)c2ccc3ncnn3c2)C[C@@H]1O. The van der Waals surface area contributed by atoms with E-state index in [0.29, 0.717) is 11.2 Å². The van der Waals surface area contributed by atoms with Crippen LogP contribution in [-0.4, -0.2) is 82.3 Å². The van der Waals surface area contributed by atoms with Gasteiger partial charge in [-0.25, -0.2) is 22.2 Å². The molecule has 0 radical (unpaired) electrons. The second kappa shape index (κ2) is 6.11. The highest BCUT2D eigenvalue weighted by molar-refractivity contribution is 7.89. The number of amides is 1.